The van der Waals surface area contributed by atoms with E-state index in [1.807, 2.05) is 18.2 Å². The number of morpholine rings is 1. The lowest BCUT2D eigenvalue weighted by molar-refractivity contribution is -0.921. The van der Waals surface area contributed by atoms with Crippen molar-refractivity contribution >= 4 is 21.8 Å². The van der Waals surface area contributed by atoms with Crippen molar-refractivity contribution in [1.82, 2.24) is 5.32 Å². The molecule has 1 fully saturated rings. The molecule has 0 spiro atoms. The Morgan fingerprint density at radius 3 is 2.60 bits per heavy atom. The summed E-state index contributed by atoms with van der Waals surface area (Å²) in [6.45, 7) is 4.98. The van der Waals surface area contributed by atoms with Crippen LogP contribution in [0.15, 0.2) is 46.9 Å². The van der Waals surface area contributed by atoms with Crippen molar-refractivity contribution in [2.45, 2.75) is 13.1 Å². The summed E-state index contributed by atoms with van der Waals surface area (Å²) in [6, 6.07) is 12.2. The molecule has 1 amide bonds. The molecule has 0 radical (unpaired) electrons. The molecule has 2 aromatic carbocycles. The van der Waals surface area contributed by atoms with Gasteiger partial charge in [-0.25, -0.2) is 4.39 Å². The van der Waals surface area contributed by atoms with Gasteiger partial charge in [-0.3, -0.25) is 4.79 Å². The van der Waals surface area contributed by atoms with Gasteiger partial charge < -0.3 is 15.0 Å². The van der Waals surface area contributed by atoms with Gasteiger partial charge in [-0.15, -0.1) is 0 Å². The number of nitrogens with one attached hydrogen (secondary N) is 2. The summed E-state index contributed by atoms with van der Waals surface area (Å²) in [5, 5.41) is 2.93. The van der Waals surface area contributed by atoms with Crippen LogP contribution in [0.3, 0.4) is 0 Å². The Bertz CT molecular complexity index is 748. The van der Waals surface area contributed by atoms with Crippen LogP contribution in [0.25, 0.3) is 0 Å². The molecule has 1 aliphatic rings. The Hall–Kier alpha value is -1.76. The van der Waals surface area contributed by atoms with Crippen molar-refractivity contribution in [2.75, 3.05) is 26.3 Å². The highest BCUT2D eigenvalue weighted by Crippen LogP contribution is 2.18. The number of benzene rings is 2. The third-order valence-corrected chi connectivity index (χ3v) is 5.03. The van der Waals surface area contributed by atoms with E-state index in [9.17, 15) is 9.18 Å². The average Bonchev–Trinajstić information content (AvgIpc) is 2.61. The smallest absolute Gasteiger partial charge is 0.252 e. The highest BCUT2D eigenvalue weighted by atomic mass is 79.9. The van der Waals surface area contributed by atoms with Crippen molar-refractivity contribution in [3.8, 4) is 0 Å². The fourth-order valence-corrected chi connectivity index (χ4v) is 3.48. The Morgan fingerprint density at radius 2 is 1.88 bits per heavy atom. The lowest BCUT2D eigenvalue weighted by Crippen LogP contribution is -3.12. The van der Waals surface area contributed by atoms with Gasteiger partial charge in [0, 0.05) is 16.6 Å². The van der Waals surface area contributed by atoms with Crippen molar-refractivity contribution in [2.24, 2.45) is 0 Å². The predicted octanol–water partition coefficient (Wildman–Crippen LogP) is 1.93. The number of halogens is 2. The molecule has 25 heavy (non-hydrogen) atoms. The summed E-state index contributed by atoms with van der Waals surface area (Å²) in [5.41, 5.74) is 2.77. The van der Waals surface area contributed by atoms with Crippen molar-refractivity contribution in [3.63, 3.8) is 0 Å². The largest absolute Gasteiger partial charge is 0.370 e. The maximum absolute atomic E-state index is 13.2. The van der Waals surface area contributed by atoms with E-state index in [-0.39, 0.29) is 11.7 Å². The van der Waals surface area contributed by atoms with Crippen LogP contribution in [0.1, 0.15) is 21.5 Å². The minimum atomic E-state index is -0.373. The van der Waals surface area contributed by atoms with Crippen LogP contribution in [-0.4, -0.2) is 32.2 Å². The van der Waals surface area contributed by atoms with Crippen molar-refractivity contribution < 1.29 is 18.8 Å². The fourth-order valence-electron chi connectivity index (χ4n) is 2.95. The van der Waals surface area contributed by atoms with Gasteiger partial charge in [-0.05, 0) is 39.7 Å². The summed E-state index contributed by atoms with van der Waals surface area (Å²) in [5.74, 6) is -0.595. The van der Waals surface area contributed by atoms with E-state index >= 15 is 0 Å². The Labute approximate surface area is 155 Å². The van der Waals surface area contributed by atoms with E-state index in [1.165, 1.54) is 28.7 Å². The molecular formula is C19H21BrFN2O2+. The van der Waals surface area contributed by atoms with Gasteiger partial charge >= 0.3 is 0 Å². The van der Waals surface area contributed by atoms with Crippen LogP contribution in [0.4, 0.5) is 4.39 Å². The molecule has 132 valence electrons. The number of carbonyl (C=O) groups excluding carboxylic acids is 1. The fraction of sp³-hybridized carbons (Fsp3) is 0.316. The van der Waals surface area contributed by atoms with E-state index < -0.39 is 0 Å². The summed E-state index contributed by atoms with van der Waals surface area (Å²) in [7, 11) is 0. The monoisotopic (exact) mass is 407 g/mol. The van der Waals surface area contributed by atoms with Crippen molar-refractivity contribution in [3.05, 3.63) is 69.4 Å². The third kappa shape index (κ3) is 4.87. The molecule has 0 bridgehead atoms. The first-order chi connectivity index (χ1) is 12.1. The summed E-state index contributed by atoms with van der Waals surface area (Å²) in [6.07, 6.45) is 0. The third-order valence-electron chi connectivity index (χ3n) is 4.37. The Kier molecular flexibility index (Phi) is 6.18. The van der Waals surface area contributed by atoms with E-state index in [1.54, 1.807) is 0 Å². The lowest BCUT2D eigenvalue weighted by Gasteiger charge is -2.24. The van der Waals surface area contributed by atoms with Crippen LogP contribution in [0.2, 0.25) is 0 Å². The quantitative estimate of drug-likeness (QED) is 0.794. The van der Waals surface area contributed by atoms with E-state index in [0.29, 0.717) is 16.6 Å². The first kappa shape index (κ1) is 18.0. The maximum Gasteiger partial charge on any atom is 0.252 e. The zero-order valence-electron chi connectivity index (χ0n) is 13.9. The number of rotatable bonds is 5. The molecule has 1 aliphatic heterocycles. The first-order valence-electron chi connectivity index (χ1n) is 8.35. The van der Waals surface area contributed by atoms with Gasteiger partial charge in [-0.2, -0.15) is 0 Å². The minimum Gasteiger partial charge on any atom is -0.370 e. The van der Waals surface area contributed by atoms with Gasteiger partial charge in [0.05, 0.1) is 18.8 Å². The van der Waals surface area contributed by atoms with Crippen LogP contribution in [0, 0.1) is 5.82 Å². The second-order valence-corrected chi connectivity index (χ2v) is 6.97. The lowest BCUT2D eigenvalue weighted by atomic mass is 10.1. The topological polar surface area (TPSA) is 42.8 Å². The predicted molar refractivity (Wildman–Crippen MR) is 96.9 cm³/mol. The second-order valence-electron chi connectivity index (χ2n) is 6.11. The standard InChI is InChI=1S/C19H20BrFN2O2/c20-18-11-16(21)5-6-17(18)19(24)22-12-14-3-1-2-4-15(14)13-23-7-9-25-10-8-23/h1-6,11H,7-10,12-13H2,(H,22,24)/p+1. The molecular weight excluding hydrogens is 387 g/mol. The highest BCUT2D eigenvalue weighted by molar-refractivity contribution is 9.10. The molecule has 0 aromatic heterocycles. The van der Waals surface area contributed by atoms with E-state index in [0.717, 1.165) is 38.4 Å². The normalized spacial score (nSPS) is 15.1. The molecule has 3 rings (SSSR count). The number of ether oxygens (including phenoxy) is 1. The molecule has 0 atom stereocenters. The van der Waals surface area contributed by atoms with Gasteiger partial charge in [-0.1, -0.05) is 24.3 Å². The Balaban J connectivity index is 1.65. The summed E-state index contributed by atoms with van der Waals surface area (Å²) >= 11 is 3.24. The highest BCUT2D eigenvalue weighted by Gasteiger charge is 2.16. The van der Waals surface area contributed by atoms with Crippen molar-refractivity contribution in [1.29, 1.82) is 0 Å². The molecule has 1 saturated heterocycles. The molecule has 0 saturated carbocycles. The second kappa shape index (κ2) is 8.56. The molecule has 1 heterocycles. The van der Waals surface area contributed by atoms with Crippen LogP contribution < -0.4 is 10.2 Å². The van der Waals surface area contributed by atoms with Crippen LogP contribution in [0.5, 0.6) is 0 Å². The van der Waals surface area contributed by atoms with Crippen LogP contribution >= 0.6 is 15.9 Å². The average molecular weight is 408 g/mol. The molecule has 6 heteroatoms. The van der Waals surface area contributed by atoms with Gasteiger partial charge in [0.1, 0.15) is 25.5 Å². The number of amides is 1. The SMILES string of the molecule is O=C(NCc1ccccc1C[NH+]1CCOCC1)c1ccc(F)cc1Br. The minimum absolute atomic E-state index is 0.222. The van der Waals surface area contributed by atoms with Gasteiger partial charge in [0.25, 0.3) is 5.91 Å². The number of carbonyl (C=O) groups is 1. The Morgan fingerprint density at radius 1 is 1.16 bits per heavy atom. The zero-order chi connectivity index (χ0) is 17.6. The van der Waals surface area contributed by atoms with Gasteiger partial charge in [0.2, 0.25) is 0 Å². The molecule has 0 unspecified atom stereocenters. The number of hydrogen-bond acceptors (Lipinski definition) is 2. The molecule has 2 N–H and O–H groups in total. The van der Waals surface area contributed by atoms with Gasteiger partial charge in [0.15, 0.2) is 0 Å². The molecule has 2 aromatic rings. The first-order valence-corrected chi connectivity index (χ1v) is 9.14. The van der Waals surface area contributed by atoms with E-state index in [2.05, 4.69) is 27.3 Å². The van der Waals surface area contributed by atoms with Crippen LogP contribution in [-0.2, 0) is 17.8 Å². The summed E-state index contributed by atoms with van der Waals surface area (Å²) < 4.78 is 19.0. The summed E-state index contributed by atoms with van der Waals surface area (Å²) in [4.78, 5) is 13.9. The molecule has 0 aliphatic carbocycles. The van der Waals surface area contributed by atoms with E-state index in [4.69, 9.17) is 4.74 Å². The molecule has 4 nitrogen and oxygen atoms in total. The zero-order valence-corrected chi connectivity index (χ0v) is 15.4. The maximum atomic E-state index is 13.2. The number of quaternary nitrogens is 1. The number of hydrogen-bond donors (Lipinski definition) is 2.